The van der Waals surface area contributed by atoms with E-state index in [0.29, 0.717) is 4.47 Å². The summed E-state index contributed by atoms with van der Waals surface area (Å²) in [6.07, 6.45) is -4.54. The Morgan fingerprint density at radius 1 is 1.11 bits per heavy atom. The maximum Gasteiger partial charge on any atom is 0.416 e. The van der Waals surface area contributed by atoms with Crippen LogP contribution in [-0.2, 0) is 16.2 Å². The average Bonchev–Trinajstić information content (AvgIpc) is 2.62. The maximum absolute atomic E-state index is 12.8. The van der Waals surface area contributed by atoms with E-state index in [1.807, 2.05) is 0 Å². The largest absolute Gasteiger partial charge is 0.416 e. The van der Waals surface area contributed by atoms with Gasteiger partial charge in [-0.2, -0.15) is 17.5 Å². The van der Waals surface area contributed by atoms with E-state index in [-0.39, 0.29) is 29.2 Å². The lowest BCUT2D eigenvalue weighted by Gasteiger charge is -2.19. The minimum Gasteiger partial charge on any atom is -0.322 e. The topological polar surface area (TPSA) is 66.5 Å². The highest BCUT2D eigenvalue weighted by atomic mass is 79.9. The number of benzene rings is 2. The standard InChI is InChI=1S/C18H18BrF3N2O3S/c1-3-24(4-2)28(26,27)14-8-9-16(19)15(11-14)17(25)23-13-7-5-6-12(10-13)18(20,21)22/h5-11H,3-4H2,1-2H3,(H,23,25). The van der Waals surface area contributed by atoms with Crippen molar-refractivity contribution in [3.63, 3.8) is 0 Å². The van der Waals surface area contributed by atoms with Crippen LogP contribution in [0.25, 0.3) is 0 Å². The van der Waals surface area contributed by atoms with Gasteiger partial charge in [0.05, 0.1) is 16.0 Å². The van der Waals surface area contributed by atoms with Crippen LogP contribution >= 0.6 is 15.9 Å². The summed E-state index contributed by atoms with van der Waals surface area (Å²) in [5.74, 6) is -0.734. The first kappa shape index (κ1) is 22.4. The van der Waals surface area contributed by atoms with Gasteiger partial charge in [-0.25, -0.2) is 8.42 Å². The quantitative estimate of drug-likeness (QED) is 0.651. The molecule has 0 spiro atoms. The third kappa shape index (κ3) is 4.92. The number of carbonyl (C=O) groups is 1. The van der Waals surface area contributed by atoms with Gasteiger partial charge in [0.25, 0.3) is 5.91 Å². The molecular formula is C18H18BrF3N2O3S. The van der Waals surface area contributed by atoms with Crippen LogP contribution in [0.1, 0.15) is 29.8 Å². The molecule has 5 nitrogen and oxygen atoms in total. The Kier molecular flexibility index (Phi) is 6.89. The van der Waals surface area contributed by atoms with Gasteiger partial charge in [-0.15, -0.1) is 0 Å². The maximum atomic E-state index is 12.8. The molecule has 152 valence electrons. The summed E-state index contributed by atoms with van der Waals surface area (Å²) in [5.41, 5.74) is -0.961. The zero-order valence-corrected chi connectivity index (χ0v) is 17.5. The Morgan fingerprint density at radius 3 is 2.32 bits per heavy atom. The molecule has 28 heavy (non-hydrogen) atoms. The zero-order chi connectivity index (χ0) is 21.1. The lowest BCUT2D eigenvalue weighted by molar-refractivity contribution is -0.137. The minimum atomic E-state index is -4.54. The van der Waals surface area contributed by atoms with Gasteiger partial charge in [0.2, 0.25) is 10.0 Å². The second-order valence-corrected chi connectivity index (χ2v) is 8.56. The molecule has 1 amide bonds. The smallest absolute Gasteiger partial charge is 0.322 e. The van der Waals surface area contributed by atoms with E-state index in [1.54, 1.807) is 13.8 Å². The van der Waals surface area contributed by atoms with Gasteiger partial charge in [0, 0.05) is 23.2 Å². The molecule has 2 aromatic rings. The third-order valence-corrected chi connectivity index (χ3v) is 6.71. The molecule has 0 atom stereocenters. The SMILES string of the molecule is CCN(CC)S(=O)(=O)c1ccc(Br)c(C(=O)Nc2cccc(C(F)(F)F)c2)c1. The lowest BCUT2D eigenvalue weighted by Crippen LogP contribution is -2.30. The Labute approximate surface area is 169 Å². The fourth-order valence-corrected chi connectivity index (χ4v) is 4.43. The molecule has 0 saturated carbocycles. The monoisotopic (exact) mass is 478 g/mol. The number of hydrogen-bond donors (Lipinski definition) is 1. The molecular weight excluding hydrogens is 461 g/mol. The van der Waals surface area contributed by atoms with Crippen LogP contribution in [0.2, 0.25) is 0 Å². The molecule has 0 aliphatic rings. The van der Waals surface area contributed by atoms with E-state index in [9.17, 15) is 26.4 Å². The van der Waals surface area contributed by atoms with Crippen molar-refractivity contribution in [3.8, 4) is 0 Å². The molecule has 0 unspecified atom stereocenters. The van der Waals surface area contributed by atoms with Gasteiger partial charge in [-0.3, -0.25) is 4.79 Å². The predicted molar refractivity (Wildman–Crippen MR) is 104 cm³/mol. The van der Waals surface area contributed by atoms with E-state index < -0.39 is 27.7 Å². The van der Waals surface area contributed by atoms with Crippen molar-refractivity contribution in [2.75, 3.05) is 18.4 Å². The van der Waals surface area contributed by atoms with E-state index >= 15 is 0 Å². The van der Waals surface area contributed by atoms with Crippen molar-refractivity contribution in [1.82, 2.24) is 4.31 Å². The molecule has 10 heteroatoms. The Morgan fingerprint density at radius 2 is 1.75 bits per heavy atom. The predicted octanol–water partition coefficient (Wildman–Crippen LogP) is 4.75. The number of sulfonamides is 1. The third-order valence-electron chi connectivity index (χ3n) is 3.97. The number of alkyl halides is 3. The van der Waals surface area contributed by atoms with Crippen molar-refractivity contribution >= 4 is 37.5 Å². The molecule has 0 bridgehead atoms. The van der Waals surface area contributed by atoms with Crippen LogP contribution in [0, 0.1) is 0 Å². The number of rotatable bonds is 6. The first-order valence-corrected chi connectivity index (χ1v) is 10.5. The van der Waals surface area contributed by atoms with Gasteiger partial charge in [-0.1, -0.05) is 19.9 Å². The fourth-order valence-electron chi connectivity index (χ4n) is 2.52. The Bertz CT molecular complexity index is 974. The molecule has 2 rings (SSSR count). The Balaban J connectivity index is 2.37. The van der Waals surface area contributed by atoms with Crippen molar-refractivity contribution in [2.24, 2.45) is 0 Å². The second-order valence-electron chi connectivity index (χ2n) is 5.76. The lowest BCUT2D eigenvalue weighted by atomic mass is 10.1. The van der Waals surface area contributed by atoms with Gasteiger partial charge < -0.3 is 5.32 Å². The van der Waals surface area contributed by atoms with Gasteiger partial charge in [0.15, 0.2) is 0 Å². The van der Waals surface area contributed by atoms with Crippen LogP contribution in [0.3, 0.4) is 0 Å². The van der Waals surface area contributed by atoms with Crippen LogP contribution in [0.5, 0.6) is 0 Å². The summed E-state index contributed by atoms with van der Waals surface area (Å²) in [6.45, 7) is 3.92. The molecule has 0 saturated heterocycles. The van der Waals surface area contributed by atoms with E-state index in [0.717, 1.165) is 12.1 Å². The summed E-state index contributed by atoms with van der Waals surface area (Å²) >= 11 is 3.18. The van der Waals surface area contributed by atoms with Crippen LogP contribution in [0.15, 0.2) is 51.8 Å². The highest BCUT2D eigenvalue weighted by Crippen LogP contribution is 2.31. The molecule has 0 aliphatic heterocycles. The van der Waals surface area contributed by atoms with Crippen molar-refractivity contribution < 1.29 is 26.4 Å². The molecule has 2 aromatic carbocycles. The van der Waals surface area contributed by atoms with Crippen molar-refractivity contribution in [1.29, 1.82) is 0 Å². The molecule has 0 aliphatic carbocycles. The first-order valence-electron chi connectivity index (χ1n) is 8.29. The number of nitrogens with zero attached hydrogens (tertiary/aromatic N) is 1. The number of halogens is 4. The molecule has 1 N–H and O–H groups in total. The number of nitrogens with one attached hydrogen (secondary N) is 1. The number of amides is 1. The summed E-state index contributed by atoms with van der Waals surface area (Å²) in [7, 11) is -3.79. The molecule has 0 heterocycles. The van der Waals surface area contributed by atoms with E-state index in [2.05, 4.69) is 21.2 Å². The van der Waals surface area contributed by atoms with Crippen LogP contribution < -0.4 is 5.32 Å². The van der Waals surface area contributed by atoms with Gasteiger partial charge >= 0.3 is 6.18 Å². The Hall–Kier alpha value is -1.91. The summed E-state index contributed by atoms with van der Waals surface area (Å²) in [5, 5.41) is 2.37. The highest BCUT2D eigenvalue weighted by molar-refractivity contribution is 9.10. The van der Waals surface area contributed by atoms with Gasteiger partial charge in [0.1, 0.15) is 0 Å². The molecule has 0 aromatic heterocycles. The van der Waals surface area contributed by atoms with Crippen molar-refractivity contribution in [3.05, 3.63) is 58.1 Å². The highest BCUT2D eigenvalue weighted by Gasteiger charge is 2.30. The summed E-state index contributed by atoms with van der Waals surface area (Å²) < 4.78 is 65.3. The normalized spacial score (nSPS) is 12.2. The van der Waals surface area contributed by atoms with Crippen LogP contribution in [-0.4, -0.2) is 31.7 Å². The molecule has 0 radical (unpaired) electrons. The number of anilines is 1. The summed E-state index contributed by atoms with van der Waals surface area (Å²) in [4.78, 5) is 12.5. The fraction of sp³-hybridized carbons (Fsp3) is 0.278. The number of carbonyl (C=O) groups excluding carboxylic acids is 1. The zero-order valence-electron chi connectivity index (χ0n) is 15.0. The average molecular weight is 479 g/mol. The summed E-state index contributed by atoms with van der Waals surface area (Å²) in [6, 6.07) is 8.16. The minimum absolute atomic E-state index is 0.00866. The van der Waals surface area contributed by atoms with Crippen LogP contribution in [0.4, 0.5) is 18.9 Å². The number of hydrogen-bond acceptors (Lipinski definition) is 3. The van der Waals surface area contributed by atoms with E-state index in [4.69, 9.17) is 0 Å². The van der Waals surface area contributed by atoms with Gasteiger partial charge in [-0.05, 0) is 52.3 Å². The first-order chi connectivity index (χ1) is 13.0. The van der Waals surface area contributed by atoms with E-state index in [1.165, 1.54) is 34.6 Å². The second kappa shape index (κ2) is 8.62. The van der Waals surface area contributed by atoms with Crippen molar-refractivity contribution in [2.45, 2.75) is 24.9 Å². The molecule has 0 fully saturated rings.